The fourth-order valence-electron chi connectivity index (χ4n) is 12.4. The first kappa shape index (κ1) is 85.1. The number of aromatic nitrogens is 8. The van der Waals surface area contributed by atoms with Crippen LogP contribution in [0.15, 0.2) is 219 Å². The molecule has 0 atom stereocenters. The summed E-state index contributed by atoms with van der Waals surface area (Å²) in [5.74, 6) is -6.80. The van der Waals surface area contributed by atoms with Crippen LogP contribution in [0.3, 0.4) is 0 Å². The third-order valence-electron chi connectivity index (χ3n) is 17.3. The molecular weight excluding hydrogens is 1550 g/mol. The Bertz CT molecular complexity index is 4870. The Kier molecular flexibility index (Phi) is 29.8. The van der Waals surface area contributed by atoms with Gasteiger partial charge in [0.1, 0.15) is 26.2 Å². The number of halogens is 5. The van der Waals surface area contributed by atoms with Gasteiger partial charge >= 0.3 is 40.9 Å². The maximum absolute atomic E-state index is 13.0. The molecule has 110 heavy (non-hydrogen) atoms. The van der Waals surface area contributed by atoms with Crippen LogP contribution in [0, 0.1) is 0 Å². The zero-order chi connectivity index (χ0) is 72.4. The molecule has 0 spiro atoms. The van der Waals surface area contributed by atoms with E-state index in [1.807, 2.05) is 195 Å². The minimum Gasteiger partial charge on any atom is -1.00 e. The van der Waals surface area contributed by atoms with Crippen LogP contribution >= 0.6 is 0 Å². The van der Waals surface area contributed by atoms with Gasteiger partial charge in [-0.1, -0.05) is 72.8 Å². The van der Waals surface area contributed by atoms with E-state index in [0.717, 1.165) is 22.3 Å². The predicted molar refractivity (Wildman–Crippen MR) is 381 cm³/mol. The normalized spacial score (nSPS) is 10.8. The van der Waals surface area contributed by atoms with Crippen LogP contribution in [0.5, 0.6) is 0 Å². The van der Waals surface area contributed by atoms with Crippen LogP contribution < -0.4 is 112 Å². The molecule has 8 N–H and O–H groups in total. The average molecular weight is 1620 g/mol. The van der Waals surface area contributed by atoms with E-state index in [1.54, 1.807) is 48.5 Å². The summed E-state index contributed by atoms with van der Waals surface area (Å²) in [7, 11) is 0. The molecular formula is C80H64Cl5FeN12O12. The van der Waals surface area contributed by atoms with Crippen molar-refractivity contribution in [2.75, 3.05) is 26.2 Å². The number of fused-ring (bicyclic) bond motifs is 8. The molecule has 4 amide bonds. The summed E-state index contributed by atoms with van der Waals surface area (Å²) in [5.41, 5.74) is 14.2. The van der Waals surface area contributed by atoms with Crippen molar-refractivity contribution in [2.45, 2.75) is 26.2 Å². The van der Waals surface area contributed by atoms with Gasteiger partial charge in [0.25, 0.3) is 23.6 Å². The summed E-state index contributed by atoms with van der Waals surface area (Å²) < 4.78 is 8.24. The topological polar surface area (TPSA) is 335 Å². The van der Waals surface area contributed by atoms with Gasteiger partial charge in [0.15, 0.2) is 51.0 Å². The molecule has 9 heterocycles. The second-order valence-corrected chi connectivity index (χ2v) is 24.3. The maximum Gasteiger partial charge on any atom is 3.00 e. The van der Waals surface area contributed by atoms with Crippen molar-refractivity contribution >= 4 is 93.9 Å². The zero-order valence-electron chi connectivity index (χ0n) is 57.6. The summed E-state index contributed by atoms with van der Waals surface area (Å²) in [4.78, 5) is 120. The summed E-state index contributed by atoms with van der Waals surface area (Å²) >= 11 is 0. The number of carbonyl (C=O) groups is 8. The van der Waals surface area contributed by atoms with E-state index >= 15 is 0 Å². The largest absolute Gasteiger partial charge is 3.00 e. The SMILES string of the molecule is O=C(O)CNC(=O)c1ccc(C[n+]2ccccc2-c2c3nc(c(-c4cccc[n+]4Cc4ccc(C(=O)NCC(=O)O)cc4)c4ccc([n-]4)c(-c4cccc[n+]4Cc4ccc(C(=O)NCC(=O)O)cc4)c4nc(c(-c5cccc[n+]5Cc5ccc(C(=O)NCC(=O)O)cc5)c5ccc2[n-]5)C=C4)C=C3)cc1.[Cl-].[Cl-].[Cl-].[Cl-].[Cl-].[Fe+3]. The van der Waals surface area contributed by atoms with Gasteiger partial charge in [-0.3, -0.25) is 38.4 Å². The Morgan fingerprint density at radius 3 is 0.682 bits per heavy atom. The van der Waals surface area contributed by atoms with Gasteiger partial charge in [0.05, 0.1) is 45.0 Å². The molecule has 2 aliphatic heterocycles. The van der Waals surface area contributed by atoms with Crippen molar-refractivity contribution in [3.63, 3.8) is 0 Å². The predicted octanol–water partition coefficient (Wildman–Crippen LogP) is -7.80. The number of nitrogens with one attached hydrogen (secondary N) is 4. The van der Waals surface area contributed by atoms with Crippen LogP contribution in [0.2, 0.25) is 0 Å². The second kappa shape index (κ2) is 38.6. The van der Waals surface area contributed by atoms with Gasteiger partial charge in [-0.05, 0) is 97.1 Å². The molecule has 0 unspecified atom stereocenters. The van der Waals surface area contributed by atoms with Crippen molar-refractivity contribution in [3.05, 3.63) is 286 Å². The number of carbonyl (C=O) groups excluding carboxylic acids is 4. The van der Waals surface area contributed by atoms with Gasteiger partial charge < -0.3 is 114 Å². The molecule has 11 aromatic rings. The first-order valence-corrected chi connectivity index (χ1v) is 32.8. The minimum atomic E-state index is -1.17. The Hall–Kier alpha value is -12.2. The molecule has 1 radical (unpaired) electrons. The molecule has 2 aliphatic rings. The van der Waals surface area contributed by atoms with Crippen LogP contribution in [-0.4, -0.2) is 104 Å². The fraction of sp³-hybridized carbons (Fsp3) is 0.100. The number of carboxylic acid groups (broad SMARTS) is 4. The van der Waals surface area contributed by atoms with Gasteiger partial charge in [0.2, 0.25) is 22.8 Å². The Labute approximate surface area is 670 Å². The minimum absolute atomic E-state index is 0. The average Bonchev–Trinajstić information content (AvgIpc) is 1.60. The number of aliphatic carboxylic acids is 4. The summed E-state index contributed by atoms with van der Waals surface area (Å²) in [6.45, 7) is -0.899. The van der Waals surface area contributed by atoms with Crippen LogP contribution in [0.1, 0.15) is 86.5 Å². The zero-order valence-corrected chi connectivity index (χ0v) is 62.5. The smallest absolute Gasteiger partial charge is 1.00 e. The number of pyridine rings is 4. The van der Waals surface area contributed by atoms with E-state index in [1.165, 1.54) is 0 Å². The van der Waals surface area contributed by atoms with E-state index < -0.39 is 73.7 Å². The number of carboxylic acids is 4. The summed E-state index contributed by atoms with van der Waals surface area (Å²) in [5, 5.41) is 46.6. The molecule has 24 nitrogen and oxygen atoms in total. The number of nitrogens with zero attached hydrogens (tertiary/aromatic N) is 8. The summed E-state index contributed by atoms with van der Waals surface area (Å²) in [6, 6.07) is 58.8. The van der Waals surface area contributed by atoms with Crippen molar-refractivity contribution in [2.24, 2.45) is 0 Å². The third kappa shape index (κ3) is 19.9. The van der Waals surface area contributed by atoms with Crippen molar-refractivity contribution in [1.82, 2.24) is 41.2 Å². The van der Waals surface area contributed by atoms with E-state index in [-0.39, 0.29) is 101 Å². The molecule has 8 bridgehead atoms. The number of hydrogen-bond donors (Lipinski definition) is 8. The molecule has 4 aromatic carbocycles. The molecule has 559 valence electrons. The van der Waals surface area contributed by atoms with E-state index in [0.29, 0.717) is 116 Å². The molecule has 0 aliphatic carbocycles. The van der Waals surface area contributed by atoms with E-state index in [4.69, 9.17) is 19.9 Å². The van der Waals surface area contributed by atoms with Crippen molar-refractivity contribution < 1.29 is 156 Å². The monoisotopic (exact) mass is 1620 g/mol. The van der Waals surface area contributed by atoms with Gasteiger partial charge in [-0.25, -0.2) is 9.97 Å². The molecule has 0 saturated carbocycles. The van der Waals surface area contributed by atoms with Gasteiger partial charge in [-0.2, -0.15) is 18.3 Å². The van der Waals surface area contributed by atoms with Crippen molar-refractivity contribution in [3.8, 4) is 45.0 Å². The van der Waals surface area contributed by atoms with E-state index in [9.17, 15) is 58.8 Å². The Morgan fingerprint density at radius 1 is 0.291 bits per heavy atom. The van der Waals surface area contributed by atoms with E-state index in [2.05, 4.69) is 39.5 Å². The molecule has 13 rings (SSSR count). The first-order chi connectivity index (χ1) is 50.5. The number of benzene rings is 4. The van der Waals surface area contributed by atoms with Gasteiger partial charge in [0, 0.05) is 93.0 Å². The molecule has 7 aromatic heterocycles. The number of hydrogen-bond acceptors (Lipinski definition) is 10. The molecule has 0 saturated heterocycles. The van der Waals surface area contributed by atoms with Gasteiger partial charge in [-0.15, -0.1) is 22.1 Å². The summed E-state index contributed by atoms with van der Waals surface area (Å²) in [6.07, 6.45) is 15.6. The Morgan fingerprint density at radius 2 is 0.491 bits per heavy atom. The maximum atomic E-state index is 13.0. The second-order valence-electron chi connectivity index (χ2n) is 24.3. The number of rotatable bonds is 24. The number of amides is 4. The quantitative estimate of drug-likeness (QED) is 0.0206. The van der Waals surface area contributed by atoms with Crippen LogP contribution in [0.25, 0.3) is 91.4 Å². The van der Waals surface area contributed by atoms with Crippen LogP contribution in [-0.2, 0) is 62.4 Å². The first-order valence-electron chi connectivity index (χ1n) is 32.8. The fourth-order valence-corrected chi connectivity index (χ4v) is 12.4. The third-order valence-corrected chi connectivity index (χ3v) is 17.3. The molecule has 30 heteroatoms. The van der Waals surface area contributed by atoms with Crippen molar-refractivity contribution in [1.29, 1.82) is 0 Å². The van der Waals surface area contributed by atoms with Crippen LogP contribution in [0.4, 0.5) is 0 Å². The Balaban J connectivity index is 0.00000280. The molecule has 0 fully saturated rings. The standard InChI is InChI=1S/C80H62N12O12.5ClH.Fe/c93-69(94)41-81-77(101)53-21-13-49(14-22-53)45-89-37-5-1-9-65(89)73-57-29-31-59(85-57)74(66-10-2-6-38-90(66)46-50-15-23-54(24-16-50)78(102)82-42-70(95)96)61-33-35-63(87-61)76(68-12-4-8-40-92(68)48-52-19-27-56(28-20-52)80(104)84-44-72(99)100)64-36-34-62(88-64)75(60-32-30-58(73)86-60)67-11-3-7-39-91(67)47-51-17-25-55(26-18-51)79(103)83-43-71(97)98;;;;;;/h1-40H,41-48H2,(H6-3,81,82,83,84,85,86,87,88,93,94,95,96,97,98,99,100,101,102,103,104);5*1H;/q;;;;;;+3/p-3.